The van der Waals surface area contributed by atoms with Gasteiger partial charge in [0.15, 0.2) is 0 Å². The number of anilines is 1. The molecule has 0 radical (unpaired) electrons. The maximum atomic E-state index is 9.10. The van der Waals surface area contributed by atoms with E-state index in [-0.39, 0.29) is 6.61 Å². The van der Waals surface area contributed by atoms with E-state index in [0.717, 1.165) is 23.7 Å². The van der Waals surface area contributed by atoms with Gasteiger partial charge < -0.3 is 14.7 Å². The first-order valence-corrected chi connectivity index (χ1v) is 6.14. The van der Waals surface area contributed by atoms with Crippen molar-refractivity contribution in [2.45, 2.75) is 13.2 Å². The summed E-state index contributed by atoms with van der Waals surface area (Å²) in [7, 11) is 3.64. The molecule has 1 N–H and O–H groups in total. The van der Waals surface area contributed by atoms with Gasteiger partial charge in [-0.05, 0) is 29.8 Å². The number of aromatic nitrogens is 1. The summed E-state index contributed by atoms with van der Waals surface area (Å²) in [5.74, 6) is 1.69. The molecule has 0 aliphatic carbocycles. The van der Waals surface area contributed by atoms with E-state index in [1.807, 2.05) is 48.3 Å². The predicted octanol–water partition coefficient (Wildman–Crippen LogP) is 2.22. The van der Waals surface area contributed by atoms with Crippen molar-refractivity contribution in [1.29, 1.82) is 0 Å². The van der Waals surface area contributed by atoms with Crippen LogP contribution in [0.15, 0.2) is 42.5 Å². The van der Waals surface area contributed by atoms with E-state index in [1.165, 1.54) is 0 Å². The highest BCUT2D eigenvalue weighted by atomic mass is 16.5. The van der Waals surface area contributed by atoms with Crippen LogP contribution in [0.2, 0.25) is 0 Å². The maximum absolute atomic E-state index is 9.10. The van der Waals surface area contributed by atoms with Crippen molar-refractivity contribution in [3.8, 4) is 5.75 Å². The van der Waals surface area contributed by atoms with Gasteiger partial charge in [0.1, 0.15) is 11.6 Å². The summed E-state index contributed by atoms with van der Waals surface area (Å²) < 4.78 is 5.21. The molecule has 0 aliphatic rings. The highest BCUT2D eigenvalue weighted by molar-refractivity contribution is 5.40. The summed E-state index contributed by atoms with van der Waals surface area (Å²) in [6, 6.07) is 13.6. The third kappa shape index (κ3) is 3.45. The van der Waals surface area contributed by atoms with Crippen LogP contribution in [0, 0.1) is 0 Å². The summed E-state index contributed by atoms with van der Waals surface area (Å²) in [4.78, 5) is 6.41. The summed E-state index contributed by atoms with van der Waals surface area (Å²) in [6.07, 6.45) is 0. The molecule has 4 nitrogen and oxygen atoms in total. The summed E-state index contributed by atoms with van der Waals surface area (Å²) in [5, 5.41) is 9.10. The Hall–Kier alpha value is -2.07. The lowest BCUT2D eigenvalue weighted by Crippen LogP contribution is -2.18. The van der Waals surface area contributed by atoms with Gasteiger partial charge >= 0.3 is 0 Å². The first-order valence-electron chi connectivity index (χ1n) is 6.14. The molecule has 0 unspecified atom stereocenters. The zero-order valence-corrected chi connectivity index (χ0v) is 11.2. The van der Waals surface area contributed by atoms with Crippen molar-refractivity contribution < 1.29 is 9.84 Å². The molecule has 2 rings (SSSR count). The van der Waals surface area contributed by atoms with E-state index >= 15 is 0 Å². The van der Waals surface area contributed by atoms with Crippen LogP contribution in [-0.4, -0.2) is 24.2 Å². The van der Waals surface area contributed by atoms with Crippen molar-refractivity contribution in [1.82, 2.24) is 4.98 Å². The van der Waals surface area contributed by atoms with Crippen LogP contribution in [0.3, 0.4) is 0 Å². The SMILES string of the molecule is COc1cccc(CN(C)c2cccc(CO)n2)c1. The number of aliphatic hydroxyl groups excluding tert-OH is 1. The molecule has 0 bridgehead atoms. The molecule has 0 aliphatic heterocycles. The van der Waals surface area contributed by atoms with E-state index in [1.54, 1.807) is 7.11 Å². The number of ether oxygens (including phenoxy) is 1. The summed E-state index contributed by atoms with van der Waals surface area (Å²) in [6.45, 7) is 0.694. The normalized spacial score (nSPS) is 10.3. The molecule has 0 saturated carbocycles. The minimum Gasteiger partial charge on any atom is -0.497 e. The van der Waals surface area contributed by atoms with Gasteiger partial charge in [0, 0.05) is 13.6 Å². The number of rotatable bonds is 5. The average Bonchev–Trinajstić information content (AvgIpc) is 2.47. The smallest absolute Gasteiger partial charge is 0.128 e. The molecular formula is C15H18N2O2. The molecule has 2 aromatic rings. The van der Waals surface area contributed by atoms with Crippen LogP contribution >= 0.6 is 0 Å². The van der Waals surface area contributed by atoms with Gasteiger partial charge in [0.2, 0.25) is 0 Å². The third-order valence-electron chi connectivity index (χ3n) is 2.90. The van der Waals surface area contributed by atoms with Crippen molar-refractivity contribution in [2.24, 2.45) is 0 Å². The topological polar surface area (TPSA) is 45.6 Å². The van der Waals surface area contributed by atoms with Crippen LogP contribution in [0.4, 0.5) is 5.82 Å². The zero-order chi connectivity index (χ0) is 13.7. The first-order chi connectivity index (χ1) is 9.22. The monoisotopic (exact) mass is 258 g/mol. The highest BCUT2D eigenvalue weighted by Gasteiger charge is 2.05. The van der Waals surface area contributed by atoms with Crippen LogP contribution in [-0.2, 0) is 13.2 Å². The number of nitrogens with zero attached hydrogens (tertiary/aromatic N) is 2. The fourth-order valence-corrected chi connectivity index (χ4v) is 1.89. The minimum absolute atomic E-state index is 0.0408. The Balaban J connectivity index is 2.13. The van der Waals surface area contributed by atoms with Gasteiger partial charge in [-0.15, -0.1) is 0 Å². The van der Waals surface area contributed by atoms with Gasteiger partial charge in [-0.2, -0.15) is 0 Å². The lowest BCUT2D eigenvalue weighted by Gasteiger charge is -2.19. The second kappa shape index (κ2) is 6.20. The van der Waals surface area contributed by atoms with E-state index in [0.29, 0.717) is 5.69 Å². The molecular weight excluding hydrogens is 240 g/mol. The van der Waals surface area contributed by atoms with Crippen LogP contribution in [0.5, 0.6) is 5.75 Å². The molecule has 0 amide bonds. The Kier molecular flexibility index (Phi) is 4.36. The molecule has 0 atom stereocenters. The molecule has 1 heterocycles. The molecule has 0 fully saturated rings. The number of benzene rings is 1. The number of pyridine rings is 1. The standard InChI is InChI=1S/C15H18N2O2/c1-17(15-8-4-6-13(11-18)16-15)10-12-5-3-7-14(9-12)19-2/h3-9,18H,10-11H2,1-2H3. The fourth-order valence-electron chi connectivity index (χ4n) is 1.89. The Morgan fingerprint density at radius 3 is 2.74 bits per heavy atom. The Morgan fingerprint density at radius 2 is 2.00 bits per heavy atom. The van der Waals surface area contributed by atoms with E-state index in [2.05, 4.69) is 11.1 Å². The number of methoxy groups -OCH3 is 1. The Morgan fingerprint density at radius 1 is 1.21 bits per heavy atom. The van der Waals surface area contributed by atoms with Gasteiger partial charge in [-0.3, -0.25) is 0 Å². The second-order valence-corrected chi connectivity index (χ2v) is 4.35. The average molecular weight is 258 g/mol. The van der Waals surface area contributed by atoms with Gasteiger partial charge in [-0.25, -0.2) is 4.98 Å². The van der Waals surface area contributed by atoms with Crippen molar-refractivity contribution >= 4 is 5.82 Å². The largest absolute Gasteiger partial charge is 0.497 e. The summed E-state index contributed by atoms with van der Waals surface area (Å²) in [5.41, 5.74) is 1.83. The first kappa shape index (κ1) is 13.4. The molecule has 100 valence electrons. The van der Waals surface area contributed by atoms with E-state index in [4.69, 9.17) is 9.84 Å². The van der Waals surface area contributed by atoms with Crippen molar-refractivity contribution in [3.05, 3.63) is 53.7 Å². The third-order valence-corrected chi connectivity index (χ3v) is 2.90. The lowest BCUT2D eigenvalue weighted by molar-refractivity contribution is 0.277. The quantitative estimate of drug-likeness (QED) is 0.893. The Bertz CT molecular complexity index is 543. The van der Waals surface area contributed by atoms with Gasteiger partial charge in [0.25, 0.3) is 0 Å². The number of aliphatic hydroxyl groups is 1. The molecule has 0 saturated heterocycles. The van der Waals surface area contributed by atoms with Crippen LogP contribution in [0.1, 0.15) is 11.3 Å². The van der Waals surface area contributed by atoms with Crippen molar-refractivity contribution in [3.63, 3.8) is 0 Å². The summed E-state index contributed by atoms with van der Waals surface area (Å²) >= 11 is 0. The fraction of sp³-hybridized carbons (Fsp3) is 0.267. The predicted molar refractivity (Wildman–Crippen MR) is 75.3 cm³/mol. The molecule has 0 spiro atoms. The lowest BCUT2D eigenvalue weighted by atomic mass is 10.2. The van der Waals surface area contributed by atoms with Crippen LogP contribution < -0.4 is 9.64 Å². The van der Waals surface area contributed by atoms with Gasteiger partial charge in [0.05, 0.1) is 19.4 Å². The minimum atomic E-state index is -0.0408. The molecule has 1 aromatic heterocycles. The van der Waals surface area contributed by atoms with Gasteiger partial charge in [-0.1, -0.05) is 18.2 Å². The maximum Gasteiger partial charge on any atom is 0.128 e. The van der Waals surface area contributed by atoms with Crippen molar-refractivity contribution in [2.75, 3.05) is 19.1 Å². The van der Waals surface area contributed by atoms with E-state index < -0.39 is 0 Å². The molecule has 1 aromatic carbocycles. The Labute approximate surface area is 113 Å². The van der Waals surface area contributed by atoms with Crippen LogP contribution in [0.25, 0.3) is 0 Å². The molecule has 4 heteroatoms. The number of hydrogen-bond donors (Lipinski definition) is 1. The van der Waals surface area contributed by atoms with E-state index in [9.17, 15) is 0 Å². The second-order valence-electron chi connectivity index (χ2n) is 4.35. The highest BCUT2D eigenvalue weighted by Crippen LogP contribution is 2.17. The molecule has 19 heavy (non-hydrogen) atoms. The number of hydrogen-bond acceptors (Lipinski definition) is 4. The zero-order valence-electron chi connectivity index (χ0n) is 11.2.